The van der Waals surface area contributed by atoms with Crippen molar-refractivity contribution in [2.45, 2.75) is 0 Å². The van der Waals surface area contributed by atoms with Gasteiger partial charge in [0.25, 0.3) is 11.1 Å². The Morgan fingerprint density at radius 2 is 1.79 bits per heavy atom. The van der Waals surface area contributed by atoms with Gasteiger partial charge in [0.2, 0.25) is 5.91 Å². The Morgan fingerprint density at radius 3 is 2.45 bits per heavy atom. The summed E-state index contributed by atoms with van der Waals surface area (Å²) in [7, 11) is 2.99. The van der Waals surface area contributed by atoms with E-state index in [1.54, 1.807) is 48.5 Å². The number of nitrogens with zero attached hydrogens (tertiary/aromatic N) is 1. The number of benzene rings is 2. The van der Waals surface area contributed by atoms with E-state index in [2.05, 4.69) is 5.32 Å². The fraction of sp³-hybridized carbons (Fsp3) is 0.150. The van der Waals surface area contributed by atoms with Crippen molar-refractivity contribution in [3.05, 3.63) is 58.0 Å². The first-order chi connectivity index (χ1) is 13.9. The van der Waals surface area contributed by atoms with Gasteiger partial charge in [-0.1, -0.05) is 23.7 Å². The van der Waals surface area contributed by atoms with Gasteiger partial charge < -0.3 is 14.8 Å². The Kier molecular flexibility index (Phi) is 6.46. The van der Waals surface area contributed by atoms with Crippen molar-refractivity contribution < 1.29 is 23.9 Å². The molecule has 0 aliphatic carbocycles. The predicted molar refractivity (Wildman–Crippen MR) is 112 cm³/mol. The zero-order valence-corrected chi connectivity index (χ0v) is 17.2. The van der Waals surface area contributed by atoms with Crippen LogP contribution in [-0.2, 0) is 9.59 Å². The fourth-order valence-corrected chi connectivity index (χ4v) is 3.57. The van der Waals surface area contributed by atoms with E-state index in [-0.39, 0.29) is 4.91 Å². The number of imide groups is 1. The molecule has 1 fully saturated rings. The number of hydrogen-bond donors (Lipinski definition) is 1. The minimum atomic E-state index is -0.516. The molecule has 1 aliphatic heterocycles. The quantitative estimate of drug-likeness (QED) is 0.693. The molecule has 0 aromatic heterocycles. The van der Waals surface area contributed by atoms with Gasteiger partial charge in [0.1, 0.15) is 6.54 Å². The molecular formula is C20H17ClN2O5S. The molecule has 0 spiro atoms. The third kappa shape index (κ3) is 4.90. The molecule has 9 heteroatoms. The normalized spacial score (nSPS) is 15.0. The van der Waals surface area contributed by atoms with Gasteiger partial charge in [-0.05, 0) is 47.7 Å². The second-order valence-electron chi connectivity index (χ2n) is 5.94. The molecule has 0 atom stereocenters. The monoisotopic (exact) mass is 432 g/mol. The molecule has 1 N–H and O–H groups in total. The average molecular weight is 433 g/mol. The highest BCUT2D eigenvalue weighted by atomic mass is 35.5. The number of nitrogens with one attached hydrogen (secondary N) is 1. The van der Waals surface area contributed by atoms with Crippen LogP contribution in [0, 0.1) is 0 Å². The van der Waals surface area contributed by atoms with E-state index < -0.39 is 23.6 Å². The molecule has 7 nitrogen and oxygen atoms in total. The van der Waals surface area contributed by atoms with E-state index in [1.807, 2.05) is 0 Å². The smallest absolute Gasteiger partial charge is 0.294 e. The van der Waals surface area contributed by atoms with Crippen LogP contribution in [0.25, 0.3) is 6.08 Å². The number of carbonyl (C=O) groups is 3. The second kappa shape index (κ2) is 9.02. The van der Waals surface area contributed by atoms with Crippen molar-refractivity contribution in [2.75, 3.05) is 26.1 Å². The zero-order chi connectivity index (χ0) is 21.0. The first-order valence-corrected chi connectivity index (χ1v) is 9.63. The predicted octanol–water partition coefficient (Wildman–Crippen LogP) is 4.03. The van der Waals surface area contributed by atoms with Crippen molar-refractivity contribution in [3.8, 4) is 11.5 Å². The molecule has 0 radical (unpaired) electrons. The molecule has 0 bridgehead atoms. The largest absolute Gasteiger partial charge is 0.493 e. The summed E-state index contributed by atoms with van der Waals surface area (Å²) in [6.45, 7) is -0.392. The summed E-state index contributed by atoms with van der Waals surface area (Å²) in [5.74, 6) is -0.0594. The van der Waals surface area contributed by atoms with E-state index in [0.717, 1.165) is 22.2 Å². The topological polar surface area (TPSA) is 84.9 Å². The molecule has 1 heterocycles. The molecule has 150 valence electrons. The van der Waals surface area contributed by atoms with Crippen molar-refractivity contribution in [1.29, 1.82) is 0 Å². The molecule has 0 saturated carbocycles. The summed E-state index contributed by atoms with van der Waals surface area (Å²) in [4.78, 5) is 38.2. The number of carbonyl (C=O) groups excluding carboxylic acids is 3. The van der Waals surface area contributed by atoms with Crippen molar-refractivity contribution in [3.63, 3.8) is 0 Å². The minimum Gasteiger partial charge on any atom is -0.493 e. The summed E-state index contributed by atoms with van der Waals surface area (Å²) in [6, 6.07) is 11.7. The van der Waals surface area contributed by atoms with Crippen LogP contribution in [0.15, 0.2) is 47.4 Å². The van der Waals surface area contributed by atoms with Crippen LogP contribution in [0.1, 0.15) is 5.56 Å². The SMILES string of the molecule is COc1ccc(NC(=O)CN2C(=O)S/C(=C/c3ccc(Cl)cc3)C2=O)cc1OC. The van der Waals surface area contributed by atoms with Crippen LogP contribution in [0.3, 0.4) is 0 Å². The second-order valence-corrected chi connectivity index (χ2v) is 7.37. The van der Waals surface area contributed by atoms with Crippen molar-refractivity contribution in [2.24, 2.45) is 0 Å². The van der Waals surface area contributed by atoms with Crippen molar-refractivity contribution in [1.82, 2.24) is 4.90 Å². The van der Waals surface area contributed by atoms with Crippen LogP contribution in [0.5, 0.6) is 11.5 Å². The minimum absolute atomic E-state index is 0.247. The van der Waals surface area contributed by atoms with Gasteiger partial charge in [0.05, 0.1) is 19.1 Å². The lowest BCUT2D eigenvalue weighted by molar-refractivity contribution is -0.127. The van der Waals surface area contributed by atoms with Gasteiger partial charge in [-0.2, -0.15) is 0 Å². The summed E-state index contributed by atoms with van der Waals surface area (Å²) < 4.78 is 10.3. The standard InChI is InChI=1S/C20H17ClN2O5S/c1-27-15-8-7-14(10-16(15)28-2)22-18(24)11-23-19(25)17(29-20(23)26)9-12-3-5-13(21)6-4-12/h3-10H,11H2,1-2H3,(H,22,24)/b17-9+. The highest BCUT2D eigenvalue weighted by molar-refractivity contribution is 8.18. The highest BCUT2D eigenvalue weighted by Crippen LogP contribution is 2.33. The van der Waals surface area contributed by atoms with Gasteiger partial charge in [-0.3, -0.25) is 19.3 Å². The molecule has 1 saturated heterocycles. The number of thioether (sulfide) groups is 1. The van der Waals surface area contributed by atoms with Gasteiger partial charge in [-0.25, -0.2) is 0 Å². The average Bonchev–Trinajstić information content (AvgIpc) is 2.97. The van der Waals surface area contributed by atoms with Crippen LogP contribution < -0.4 is 14.8 Å². The van der Waals surface area contributed by atoms with Crippen LogP contribution in [0.4, 0.5) is 10.5 Å². The third-order valence-corrected chi connectivity index (χ3v) is 5.17. The molecule has 29 heavy (non-hydrogen) atoms. The van der Waals surface area contributed by atoms with Gasteiger partial charge >= 0.3 is 0 Å². The van der Waals surface area contributed by atoms with Crippen molar-refractivity contribution >= 4 is 52.2 Å². The Morgan fingerprint density at radius 1 is 1.10 bits per heavy atom. The van der Waals surface area contributed by atoms with Gasteiger partial charge in [-0.15, -0.1) is 0 Å². The summed E-state index contributed by atoms with van der Waals surface area (Å²) in [5.41, 5.74) is 1.19. The molecule has 2 aromatic carbocycles. The van der Waals surface area contributed by atoms with Gasteiger partial charge in [0, 0.05) is 16.8 Å². The summed E-state index contributed by atoms with van der Waals surface area (Å²) >= 11 is 6.64. The lowest BCUT2D eigenvalue weighted by atomic mass is 10.2. The highest BCUT2D eigenvalue weighted by Gasteiger charge is 2.36. The van der Waals surface area contributed by atoms with Gasteiger partial charge in [0.15, 0.2) is 11.5 Å². The molecule has 0 unspecified atom stereocenters. The number of amides is 3. The Hall–Kier alpha value is -2.97. The number of ether oxygens (including phenoxy) is 2. The summed E-state index contributed by atoms with van der Waals surface area (Å²) in [6.07, 6.45) is 1.59. The van der Waals surface area contributed by atoms with Crippen LogP contribution >= 0.6 is 23.4 Å². The van der Waals surface area contributed by atoms with Crippen LogP contribution in [-0.4, -0.2) is 42.7 Å². The lowest BCUT2D eigenvalue weighted by Gasteiger charge is -2.14. The van der Waals surface area contributed by atoms with E-state index in [0.29, 0.717) is 22.2 Å². The molecule has 3 rings (SSSR count). The number of methoxy groups -OCH3 is 2. The maximum absolute atomic E-state index is 12.5. The van der Waals surface area contributed by atoms with E-state index in [9.17, 15) is 14.4 Å². The third-order valence-electron chi connectivity index (χ3n) is 4.01. The number of rotatable bonds is 6. The molecule has 2 aromatic rings. The first kappa shape index (κ1) is 20.8. The molecule has 1 aliphatic rings. The fourth-order valence-electron chi connectivity index (χ4n) is 2.60. The van der Waals surface area contributed by atoms with Crippen LogP contribution in [0.2, 0.25) is 5.02 Å². The first-order valence-electron chi connectivity index (χ1n) is 8.44. The number of anilines is 1. The van der Waals surface area contributed by atoms with E-state index >= 15 is 0 Å². The Balaban J connectivity index is 1.68. The number of hydrogen-bond acceptors (Lipinski definition) is 6. The maximum Gasteiger partial charge on any atom is 0.294 e. The van der Waals surface area contributed by atoms with E-state index in [1.165, 1.54) is 14.2 Å². The number of halogens is 1. The zero-order valence-electron chi connectivity index (χ0n) is 15.6. The maximum atomic E-state index is 12.5. The Labute approximate surface area is 176 Å². The molecular weight excluding hydrogens is 416 g/mol. The molecule has 3 amide bonds. The van der Waals surface area contributed by atoms with E-state index in [4.69, 9.17) is 21.1 Å². The summed E-state index contributed by atoms with van der Waals surface area (Å²) in [5, 5.41) is 2.71. The lowest BCUT2D eigenvalue weighted by Crippen LogP contribution is -2.36. The Bertz CT molecular complexity index is 991.